The highest BCUT2D eigenvalue weighted by molar-refractivity contribution is 4.51. The van der Waals surface area contributed by atoms with Crippen LogP contribution in [0.2, 0.25) is 0 Å². The number of hydrogen-bond acceptors (Lipinski definition) is 2. The molecule has 0 spiro atoms. The molecule has 0 aromatic rings. The molecule has 0 aliphatic rings. The molecule has 1 atom stereocenters. The van der Waals surface area contributed by atoms with Crippen molar-refractivity contribution in [3.05, 3.63) is 0 Å². The molecule has 0 aliphatic carbocycles. The molecule has 0 fully saturated rings. The molecular formula is C8H19NO. The molecule has 0 aromatic carbocycles. The van der Waals surface area contributed by atoms with Crippen molar-refractivity contribution in [2.45, 2.75) is 32.8 Å². The fraction of sp³-hybridized carbons (Fsp3) is 1.00. The van der Waals surface area contributed by atoms with Crippen LogP contribution in [0.25, 0.3) is 0 Å². The summed E-state index contributed by atoms with van der Waals surface area (Å²) in [5, 5.41) is 3.10. The lowest BCUT2D eigenvalue weighted by molar-refractivity contribution is 0.0613. The Morgan fingerprint density at radius 1 is 1.50 bits per heavy atom. The van der Waals surface area contributed by atoms with Crippen LogP contribution in [-0.2, 0) is 4.74 Å². The third kappa shape index (κ3) is 6.05. The third-order valence-electron chi connectivity index (χ3n) is 1.41. The molecule has 0 rings (SSSR count). The van der Waals surface area contributed by atoms with Gasteiger partial charge in [-0.05, 0) is 33.4 Å². The van der Waals surface area contributed by atoms with Crippen molar-refractivity contribution in [2.24, 2.45) is 0 Å². The van der Waals surface area contributed by atoms with E-state index in [-0.39, 0.29) is 0 Å². The lowest BCUT2D eigenvalue weighted by Crippen LogP contribution is -2.17. The summed E-state index contributed by atoms with van der Waals surface area (Å²) < 4.78 is 5.45. The van der Waals surface area contributed by atoms with Crippen molar-refractivity contribution in [2.75, 3.05) is 20.2 Å². The van der Waals surface area contributed by atoms with Crippen LogP contribution in [0.5, 0.6) is 0 Å². The Balaban J connectivity index is 3.00. The van der Waals surface area contributed by atoms with Crippen LogP contribution in [0.3, 0.4) is 0 Å². The molecule has 0 heterocycles. The predicted molar refractivity (Wildman–Crippen MR) is 44.2 cm³/mol. The first-order chi connectivity index (χ1) is 4.81. The maximum atomic E-state index is 5.45. The summed E-state index contributed by atoms with van der Waals surface area (Å²) in [5.74, 6) is 0. The van der Waals surface area contributed by atoms with Gasteiger partial charge in [0.1, 0.15) is 0 Å². The number of rotatable bonds is 6. The van der Waals surface area contributed by atoms with Gasteiger partial charge in [-0.2, -0.15) is 0 Å². The van der Waals surface area contributed by atoms with Gasteiger partial charge in [0.25, 0.3) is 0 Å². The second-order valence-electron chi connectivity index (χ2n) is 2.57. The highest BCUT2D eigenvalue weighted by Crippen LogP contribution is 1.96. The van der Waals surface area contributed by atoms with E-state index in [1.807, 2.05) is 7.05 Å². The molecule has 0 radical (unpaired) electrons. The monoisotopic (exact) mass is 145 g/mol. The molecule has 0 aliphatic heterocycles. The average Bonchev–Trinajstić information content (AvgIpc) is 1.97. The maximum Gasteiger partial charge on any atom is 0.0559 e. The van der Waals surface area contributed by atoms with E-state index < -0.39 is 0 Å². The first kappa shape index (κ1) is 9.92. The summed E-state index contributed by atoms with van der Waals surface area (Å²) in [6.07, 6.45) is 2.63. The second-order valence-corrected chi connectivity index (χ2v) is 2.57. The summed E-state index contributed by atoms with van der Waals surface area (Å²) in [6.45, 7) is 6.19. The van der Waals surface area contributed by atoms with E-state index in [1.54, 1.807) is 0 Å². The minimum absolute atomic E-state index is 0.410. The van der Waals surface area contributed by atoms with Crippen LogP contribution in [0, 0.1) is 0 Å². The molecule has 62 valence electrons. The number of ether oxygens (including phenoxy) is 1. The summed E-state index contributed by atoms with van der Waals surface area (Å²) in [7, 11) is 1.96. The van der Waals surface area contributed by atoms with Gasteiger partial charge in [-0.3, -0.25) is 0 Å². The fourth-order valence-corrected chi connectivity index (χ4v) is 0.750. The topological polar surface area (TPSA) is 21.3 Å². The molecule has 0 bridgehead atoms. The first-order valence-electron chi connectivity index (χ1n) is 4.07. The normalized spacial score (nSPS) is 13.5. The standard InChI is InChI=1S/C8H19NO/c1-4-7-10-8(2)5-6-9-3/h8-9H,4-7H2,1-3H3. The fourth-order valence-electron chi connectivity index (χ4n) is 0.750. The minimum Gasteiger partial charge on any atom is -0.378 e. The number of nitrogens with one attached hydrogen (secondary N) is 1. The van der Waals surface area contributed by atoms with E-state index in [0.717, 1.165) is 26.0 Å². The van der Waals surface area contributed by atoms with Crippen molar-refractivity contribution in [3.8, 4) is 0 Å². The Morgan fingerprint density at radius 2 is 2.20 bits per heavy atom. The Morgan fingerprint density at radius 3 is 2.70 bits per heavy atom. The molecule has 0 saturated carbocycles. The SMILES string of the molecule is CCCOC(C)CCNC. The van der Waals surface area contributed by atoms with Crippen LogP contribution in [0.4, 0.5) is 0 Å². The molecule has 0 aromatic heterocycles. The van der Waals surface area contributed by atoms with E-state index in [4.69, 9.17) is 4.74 Å². The summed E-state index contributed by atoms with van der Waals surface area (Å²) >= 11 is 0. The van der Waals surface area contributed by atoms with E-state index in [1.165, 1.54) is 0 Å². The average molecular weight is 145 g/mol. The molecule has 2 nitrogen and oxygen atoms in total. The van der Waals surface area contributed by atoms with Gasteiger partial charge < -0.3 is 10.1 Å². The Hall–Kier alpha value is -0.0800. The molecular weight excluding hydrogens is 126 g/mol. The van der Waals surface area contributed by atoms with Gasteiger partial charge in [-0.1, -0.05) is 6.92 Å². The van der Waals surface area contributed by atoms with Crippen molar-refractivity contribution >= 4 is 0 Å². The van der Waals surface area contributed by atoms with E-state index >= 15 is 0 Å². The van der Waals surface area contributed by atoms with Crippen LogP contribution in [-0.4, -0.2) is 26.3 Å². The highest BCUT2D eigenvalue weighted by Gasteiger charge is 1.98. The summed E-state index contributed by atoms with van der Waals surface area (Å²) in [6, 6.07) is 0. The Labute approximate surface area is 64.0 Å². The van der Waals surface area contributed by atoms with Gasteiger partial charge in [0, 0.05) is 6.61 Å². The largest absolute Gasteiger partial charge is 0.378 e. The predicted octanol–water partition coefficient (Wildman–Crippen LogP) is 1.41. The lowest BCUT2D eigenvalue weighted by Gasteiger charge is -2.10. The minimum atomic E-state index is 0.410. The third-order valence-corrected chi connectivity index (χ3v) is 1.41. The van der Waals surface area contributed by atoms with Gasteiger partial charge >= 0.3 is 0 Å². The molecule has 1 N–H and O–H groups in total. The van der Waals surface area contributed by atoms with Crippen LogP contribution in [0.1, 0.15) is 26.7 Å². The van der Waals surface area contributed by atoms with Crippen molar-refractivity contribution in [1.82, 2.24) is 5.32 Å². The van der Waals surface area contributed by atoms with Gasteiger partial charge in [0.05, 0.1) is 6.10 Å². The van der Waals surface area contributed by atoms with Gasteiger partial charge in [-0.25, -0.2) is 0 Å². The first-order valence-corrected chi connectivity index (χ1v) is 4.07. The molecule has 2 heteroatoms. The van der Waals surface area contributed by atoms with E-state index in [9.17, 15) is 0 Å². The Kier molecular flexibility index (Phi) is 6.98. The molecule has 0 saturated heterocycles. The lowest BCUT2D eigenvalue weighted by atomic mass is 10.3. The van der Waals surface area contributed by atoms with Crippen LogP contribution >= 0.6 is 0 Å². The summed E-state index contributed by atoms with van der Waals surface area (Å²) in [5.41, 5.74) is 0. The van der Waals surface area contributed by atoms with Crippen molar-refractivity contribution < 1.29 is 4.74 Å². The highest BCUT2D eigenvalue weighted by atomic mass is 16.5. The maximum absolute atomic E-state index is 5.45. The number of hydrogen-bond donors (Lipinski definition) is 1. The van der Waals surface area contributed by atoms with Gasteiger partial charge in [0.15, 0.2) is 0 Å². The zero-order valence-corrected chi connectivity index (χ0v) is 7.31. The van der Waals surface area contributed by atoms with Gasteiger partial charge in [-0.15, -0.1) is 0 Å². The smallest absolute Gasteiger partial charge is 0.0559 e. The zero-order valence-electron chi connectivity index (χ0n) is 7.31. The van der Waals surface area contributed by atoms with Crippen molar-refractivity contribution in [3.63, 3.8) is 0 Å². The molecule has 10 heavy (non-hydrogen) atoms. The Bertz CT molecular complexity index is 58.3. The van der Waals surface area contributed by atoms with E-state index in [2.05, 4.69) is 19.2 Å². The van der Waals surface area contributed by atoms with Gasteiger partial charge in [0.2, 0.25) is 0 Å². The molecule has 0 amide bonds. The van der Waals surface area contributed by atoms with Crippen molar-refractivity contribution in [1.29, 1.82) is 0 Å². The summed E-state index contributed by atoms with van der Waals surface area (Å²) in [4.78, 5) is 0. The van der Waals surface area contributed by atoms with Crippen LogP contribution < -0.4 is 5.32 Å². The quantitative estimate of drug-likeness (QED) is 0.610. The molecule has 1 unspecified atom stereocenters. The zero-order chi connectivity index (χ0) is 7.82. The second kappa shape index (κ2) is 7.03. The van der Waals surface area contributed by atoms with E-state index in [0.29, 0.717) is 6.10 Å². The van der Waals surface area contributed by atoms with Crippen LogP contribution in [0.15, 0.2) is 0 Å².